The van der Waals surface area contributed by atoms with Gasteiger partial charge in [-0.3, -0.25) is 4.79 Å². The summed E-state index contributed by atoms with van der Waals surface area (Å²) in [7, 11) is 3.04. The van der Waals surface area contributed by atoms with Crippen molar-refractivity contribution >= 4 is 68.3 Å². The molecule has 0 radical (unpaired) electrons. The summed E-state index contributed by atoms with van der Waals surface area (Å²) in [6.45, 7) is 1.85. The van der Waals surface area contributed by atoms with Crippen LogP contribution in [0.3, 0.4) is 0 Å². The number of benzene rings is 2. The second kappa shape index (κ2) is 7.58. The Morgan fingerprint density at radius 2 is 1.81 bits per heavy atom. The van der Waals surface area contributed by atoms with Crippen LogP contribution in [0.25, 0.3) is 11.0 Å². The average Bonchev–Trinajstić information content (AvgIpc) is 2.97. The standard InChI is InChI=1S/C18H13Br2ClO5S/c1-3-14-16(11-5-4-10(27(21,23)24)8-15(11)26-14)17(22)9-6-12(19)18(25-2)13(20)7-9/h4-8H,3H2,1-2H3. The summed E-state index contributed by atoms with van der Waals surface area (Å²) in [6, 6.07) is 7.56. The van der Waals surface area contributed by atoms with Gasteiger partial charge in [0.1, 0.15) is 17.1 Å². The molecule has 1 heterocycles. The number of halogens is 3. The number of hydrogen-bond acceptors (Lipinski definition) is 5. The largest absolute Gasteiger partial charge is 0.494 e. The zero-order valence-corrected chi connectivity index (χ0v) is 18.9. The maximum absolute atomic E-state index is 13.2. The summed E-state index contributed by atoms with van der Waals surface area (Å²) in [5.74, 6) is 0.814. The van der Waals surface area contributed by atoms with E-state index >= 15 is 0 Å². The molecule has 0 aliphatic rings. The van der Waals surface area contributed by atoms with Gasteiger partial charge in [0.2, 0.25) is 0 Å². The fraction of sp³-hybridized carbons (Fsp3) is 0.167. The van der Waals surface area contributed by atoms with Crippen molar-refractivity contribution < 1.29 is 22.4 Å². The Hall–Kier alpha value is -1.35. The van der Waals surface area contributed by atoms with Crippen LogP contribution in [0.1, 0.15) is 28.6 Å². The van der Waals surface area contributed by atoms with Crippen LogP contribution in [0, 0.1) is 0 Å². The molecule has 0 amide bonds. The molecule has 0 saturated carbocycles. The monoisotopic (exact) mass is 534 g/mol. The number of carbonyl (C=O) groups is 1. The van der Waals surface area contributed by atoms with E-state index < -0.39 is 9.05 Å². The maximum Gasteiger partial charge on any atom is 0.261 e. The predicted molar refractivity (Wildman–Crippen MR) is 110 cm³/mol. The number of aryl methyl sites for hydroxylation is 1. The van der Waals surface area contributed by atoms with Crippen molar-refractivity contribution in [3.05, 3.63) is 56.2 Å². The second-order valence-corrected chi connectivity index (χ2v) is 9.93. The van der Waals surface area contributed by atoms with Crippen LogP contribution < -0.4 is 4.74 Å². The Bertz CT molecular complexity index is 1140. The lowest BCUT2D eigenvalue weighted by Gasteiger charge is -2.09. The molecule has 0 bridgehead atoms. The van der Waals surface area contributed by atoms with E-state index in [1.54, 1.807) is 12.1 Å². The van der Waals surface area contributed by atoms with E-state index in [4.69, 9.17) is 19.8 Å². The summed E-state index contributed by atoms with van der Waals surface area (Å²) in [5.41, 5.74) is 1.12. The summed E-state index contributed by atoms with van der Waals surface area (Å²) in [5, 5.41) is 0.531. The van der Waals surface area contributed by atoms with Gasteiger partial charge in [-0.15, -0.1) is 0 Å². The van der Waals surface area contributed by atoms with Crippen molar-refractivity contribution in [3.63, 3.8) is 0 Å². The Morgan fingerprint density at radius 1 is 1.19 bits per heavy atom. The van der Waals surface area contributed by atoms with Gasteiger partial charge in [-0.1, -0.05) is 6.92 Å². The highest BCUT2D eigenvalue weighted by Gasteiger charge is 2.24. The van der Waals surface area contributed by atoms with Gasteiger partial charge in [0.25, 0.3) is 9.05 Å². The summed E-state index contributed by atoms with van der Waals surface area (Å²) >= 11 is 6.79. The molecule has 9 heteroatoms. The minimum atomic E-state index is -3.89. The molecule has 0 saturated heterocycles. The highest BCUT2D eigenvalue weighted by atomic mass is 79.9. The number of ketones is 1. The topological polar surface area (TPSA) is 73.6 Å². The smallest absolute Gasteiger partial charge is 0.261 e. The number of rotatable bonds is 5. The zero-order valence-electron chi connectivity index (χ0n) is 14.2. The van der Waals surface area contributed by atoms with Crippen LogP contribution in [0.4, 0.5) is 0 Å². The summed E-state index contributed by atoms with van der Waals surface area (Å²) < 4.78 is 35.4. The average molecular weight is 537 g/mol. The SMILES string of the molecule is CCc1oc2cc(S(=O)(=O)Cl)ccc2c1C(=O)c1cc(Br)c(OC)c(Br)c1. The molecular weight excluding hydrogens is 524 g/mol. The number of methoxy groups -OCH3 is 1. The van der Waals surface area contributed by atoms with E-state index in [2.05, 4.69) is 31.9 Å². The predicted octanol–water partition coefficient (Wildman–Crippen LogP) is 5.69. The quantitative estimate of drug-likeness (QED) is 0.310. The number of carbonyl (C=O) groups excluding carboxylic acids is 1. The molecule has 3 rings (SSSR count). The Balaban J connectivity index is 2.20. The summed E-state index contributed by atoms with van der Waals surface area (Å²) in [6.07, 6.45) is 0.469. The van der Waals surface area contributed by atoms with E-state index in [9.17, 15) is 13.2 Å². The lowest BCUT2D eigenvalue weighted by Crippen LogP contribution is -2.04. The van der Waals surface area contributed by atoms with Crippen LogP contribution in [-0.4, -0.2) is 21.3 Å². The highest BCUT2D eigenvalue weighted by Crippen LogP contribution is 2.37. The molecule has 0 aliphatic heterocycles. The zero-order chi connectivity index (χ0) is 19.9. The van der Waals surface area contributed by atoms with Gasteiger partial charge >= 0.3 is 0 Å². The maximum atomic E-state index is 13.2. The normalized spacial score (nSPS) is 11.7. The molecule has 142 valence electrons. The first kappa shape index (κ1) is 20.4. The van der Waals surface area contributed by atoms with E-state index in [-0.39, 0.29) is 10.7 Å². The minimum absolute atomic E-state index is 0.0815. The van der Waals surface area contributed by atoms with Crippen LogP contribution >= 0.6 is 42.5 Å². The van der Waals surface area contributed by atoms with Crippen molar-refractivity contribution in [1.29, 1.82) is 0 Å². The molecule has 0 fully saturated rings. The van der Waals surface area contributed by atoms with Gasteiger partial charge in [-0.2, -0.15) is 0 Å². The van der Waals surface area contributed by atoms with E-state index in [0.717, 1.165) is 0 Å². The molecule has 2 aromatic carbocycles. The van der Waals surface area contributed by atoms with Crippen molar-refractivity contribution in [3.8, 4) is 5.75 Å². The Labute approximate surface area is 177 Å². The first-order valence-electron chi connectivity index (χ1n) is 7.75. The number of hydrogen-bond donors (Lipinski definition) is 0. The van der Waals surface area contributed by atoms with Crippen LogP contribution in [-0.2, 0) is 15.5 Å². The third kappa shape index (κ3) is 3.81. The highest BCUT2D eigenvalue weighted by molar-refractivity contribution is 9.11. The molecule has 27 heavy (non-hydrogen) atoms. The molecule has 0 atom stereocenters. The van der Waals surface area contributed by atoms with E-state index in [0.29, 0.717) is 49.0 Å². The molecule has 0 spiro atoms. The fourth-order valence-electron chi connectivity index (χ4n) is 2.81. The van der Waals surface area contributed by atoms with Crippen molar-refractivity contribution in [2.75, 3.05) is 7.11 Å². The van der Waals surface area contributed by atoms with Gasteiger partial charge in [-0.05, 0) is 56.1 Å². The first-order chi connectivity index (χ1) is 12.7. The first-order valence-corrected chi connectivity index (χ1v) is 11.6. The number of fused-ring (bicyclic) bond motifs is 1. The molecule has 0 unspecified atom stereocenters. The molecule has 5 nitrogen and oxygen atoms in total. The third-order valence-electron chi connectivity index (χ3n) is 4.03. The molecular formula is C18H13Br2ClO5S. The Kier molecular flexibility index (Phi) is 5.72. The molecule has 0 N–H and O–H groups in total. The Morgan fingerprint density at radius 3 is 2.33 bits per heavy atom. The fourth-order valence-corrected chi connectivity index (χ4v) is 5.08. The molecule has 0 aliphatic carbocycles. The number of furan rings is 1. The number of ether oxygens (including phenoxy) is 1. The van der Waals surface area contributed by atoms with Crippen molar-refractivity contribution in [2.45, 2.75) is 18.2 Å². The summed E-state index contributed by atoms with van der Waals surface area (Å²) in [4.78, 5) is 13.1. The van der Waals surface area contributed by atoms with Gasteiger partial charge in [0.05, 0.1) is 26.5 Å². The lowest BCUT2D eigenvalue weighted by molar-refractivity contribution is 0.103. The molecule has 1 aromatic heterocycles. The lowest BCUT2D eigenvalue weighted by atomic mass is 9.99. The third-order valence-corrected chi connectivity index (χ3v) is 6.56. The van der Waals surface area contributed by atoms with E-state index in [1.165, 1.54) is 25.3 Å². The van der Waals surface area contributed by atoms with Gasteiger partial charge < -0.3 is 9.15 Å². The van der Waals surface area contributed by atoms with E-state index in [1.807, 2.05) is 6.92 Å². The van der Waals surface area contributed by atoms with Gasteiger partial charge in [0.15, 0.2) is 5.78 Å². The van der Waals surface area contributed by atoms with Crippen molar-refractivity contribution in [2.24, 2.45) is 0 Å². The van der Waals surface area contributed by atoms with Crippen molar-refractivity contribution in [1.82, 2.24) is 0 Å². The molecule has 3 aromatic rings. The van der Waals surface area contributed by atoms with Gasteiger partial charge in [-0.25, -0.2) is 8.42 Å². The second-order valence-electron chi connectivity index (χ2n) is 5.65. The minimum Gasteiger partial charge on any atom is -0.494 e. The van der Waals surface area contributed by atoms with Crippen LogP contribution in [0.5, 0.6) is 5.75 Å². The van der Waals surface area contributed by atoms with Crippen LogP contribution in [0.2, 0.25) is 0 Å². The van der Waals surface area contributed by atoms with Gasteiger partial charge in [0, 0.05) is 34.1 Å². The van der Waals surface area contributed by atoms with Crippen LogP contribution in [0.15, 0.2) is 48.6 Å².